The molecule has 0 spiro atoms. The number of carbonyl (C=O) groups is 1. The summed E-state index contributed by atoms with van der Waals surface area (Å²) in [5.74, 6) is 0.992. The molecule has 0 unspecified atom stereocenters. The summed E-state index contributed by atoms with van der Waals surface area (Å²) in [6.45, 7) is 8.12. The monoisotopic (exact) mass is 311 g/mol. The largest absolute Gasteiger partial charge is 0.494 e. The van der Waals surface area contributed by atoms with Gasteiger partial charge in [0.1, 0.15) is 31.1 Å². The van der Waals surface area contributed by atoms with Crippen LogP contribution in [-0.2, 0) is 14.2 Å². The van der Waals surface area contributed by atoms with Gasteiger partial charge in [-0.1, -0.05) is 5.16 Å². The molecular formula is C14H21N3O5. The van der Waals surface area contributed by atoms with Gasteiger partial charge < -0.3 is 18.7 Å². The molecule has 1 aromatic heterocycles. The van der Waals surface area contributed by atoms with E-state index in [2.05, 4.69) is 10.1 Å². The van der Waals surface area contributed by atoms with Crippen LogP contribution in [-0.4, -0.2) is 47.0 Å². The molecule has 0 radical (unpaired) electrons. The smallest absolute Gasteiger partial charge is 0.410 e. The lowest BCUT2D eigenvalue weighted by atomic mass is 10.2. The van der Waals surface area contributed by atoms with E-state index in [1.165, 1.54) is 11.2 Å². The first kappa shape index (κ1) is 16.1. The quantitative estimate of drug-likeness (QED) is 0.846. The minimum Gasteiger partial charge on any atom is -0.494 e. The molecule has 0 saturated carbocycles. The topological polar surface area (TPSA) is 86.9 Å². The van der Waals surface area contributed by atoms with Crippen molar-refractivity contribution in [2.45, 2.75) is 39.3 Å². The maximum atomic E-state index is 12.0. The summed E-state index contributed by atoms with van der Waals surface area (Å²) in [6.07, 6.45) is 0.983. The summed E-state index contributed by atoms with van der Waals surface area (Å²) < 4.78 is 21.0. The van der Waals surface area contributed by atoms with Gasteiger partial charge in [-0.2, -0.15) is 4.98 Å². The van der Waals surface area contributed by atoms with E-state index in [9.17, 15) is 4.79 Å². The van der Waals surface area contributed by atoms with Gasteiger partial charge in [0.05, 0.1) is 0 Å². The van der Waals surface area contributed by atoms with E-state index in [1.807, 2.05) is 0 Å². The molecule has 0 aliphatic carbocycles. The van der Waals surface area contributed by atoms with E-state index in [4.69, 9.17) is 18.7 Å². The van der Waals surface area contributed by atoms with Gasteiger partial charge in [0.15, 0.2) is 0 Å². The highest BCUT2D eigenvalue weighted by Crippen LogP contribution is 2.22. The molecule has 2 rings (SSSR count). The third kappa shape index (κ3) is 3.90. The summed E-state index contributed by atoms with van der Waals surface area (Å²) in [5.41, 5.74) is -0.566. The number of hydrogen-bond donors (Lipinski definition) is 0. The number of aromatic nitrogens is 2. The van der Waals surface area contributed by atoms with E-state index in [0.29, 0.717) is 30.7 Å². The molecule has 0 aromatic carbocycles. The molecule has 0 fully saturated rings. The summed E-state index contributed by atoms with van der Waals surface area (Å²) in [7, 11) is 1.61. The Balaban J connectivity index is 2.06. The lowest BCUT2D eigenvalue weighted by molar-refractivity contribution is 0.0208. The molecule has 8 heteroatoms. The van der Waals surface area contributed by atoms with Crippen molar-refractivity contribution in [3.8, 4) is 0 Å². The fourth-order valence-corrected chi connectivity index (χ4v) is 1.65. The van der Waals surface area contributed by atoms with Crippen molar-refractivity contribution in [3.05, 3.63) is 18.0 Å². The van der Waals surface area contributed by atoms with Crippen LogP contribution in [0.3, 0.4) is 0 Å². The second-order valence-electron chi connectivity index (χ2n) is 5.92. The van der Waals surface area contributed by atoms with Crippen molar-refractivity contribution in [1.82, 2.24) is 15.0 Å². The van der Waals surface area contributed by atoms with Gasteiger partial charge in [0, 0.05) is 7.05 Å². The predicted molar refractivity (Wildman–Crippen MR) is 76.6 cm³/mol. The van der Waals surface area contributed by atoms with E-state index in [0.717, 1.165) is 0 Å². The Morgan fingerprint density at radius 1 is 1.41 bits per heavy atom. The van der Waals surface area contributed by atoms with Crippen molar-refractivity contribution < 1.29 is 23.5 Å². The summed E-state index contributed by atoms with van der Waals surface area (Å²) >= 11 is 0. The third-order valence-corrected chi connectivity index (χ3v) is 2.93. The highest BCUT2D eigenvalue weighted by atomic mass is 16.6. The van der Waals surface area contributed by atoms with Gasteiger partial charge in [0.25, 0.3) is 0 Å². The second-order valence-corrected chi connectivity index (χ2v) is 5.92. The van der Waals surface area contributed by atoms with Gasteiger partial charge in [0.2, 0.25) is 17.5 Å². The lowest BCUT2D eigenvalue weighted by Crippen LogP contribution is -2.35. The fourth-order valence-electron chi connectivity index (χ4n) is 1.65. The van der Waals surface area contributed by atoms with Crippen LogP contribution in [0.15, 0.2) is 10.8 Å². The maximum Gasteiger partial charge on any atom is 0.410 e. The molecule has 1 atom stereocenters. The van der Waals surface area contributed by atoms with Crippen LogP contribution in [0.4, 0.5) is 4.79 Å². The zero-order valence-electron chi connectivity index (χ0n) is 13.5. The lowest BCUT2D eigenvalue weighted by Gasteiger charge is -2.26. The minimum absolute atomic E-state index is 0.290. The molecule has 8 nitrogen and oxygen atoms in total. The molecule has 122 valence electrons. The van der Waals surface area contributed by atoms with Crippen LogP contribution in [0.2, 0.25) is 0 Å². The first-order valence-electron chi connectivity index (χ1n) is 7.02. The van der Waals surface area contributed by atoms with Gasteiger partial charge in [-0.05, 0) is 27.7 Å². The SMILES string of the molecule is C[C@@H](c1nc(C2=COCCO2)no1)N(C)C(=O)OC(C)(C)C. The van der Waals surface area contributed by atoms with Crippen molar-refractivity contribution >= 4 is 11.9 Å². The Morgan fingerprint density at radius 3 is 2.73 bits per heavy atom. The van der Waals surface area contributed by atoms with Crippen LogP contribution in [0.25, 0.3) is 5.76 Å². The van der Waals surface area contributed by atoms with Gasteiger partial charge >= 0.3 is 6.09 Å². The molecule has 0 saturated heterocycles. The first-order valence-corrected chi connectivity index (χ1v) is 7.02. The van der Waals surface area contributed by atoms with Crippen LogP contribution < -0.4 is 0 Å². The minimum atomic E-state index is -0.566. The van der Waals surface area contributed by atoms with E-state index in [1.54, 1.807) is 34.7 Å². The number of carbonyl (C=O) groups excluding carboxylic acids is 1. The Labute approximate surface area is 129 Å². The van der Waals surface area contributed by atoms with Crippen molar-refractivity contribution in [1.29, 1.82) is 0 Å². The van der Waals surface area contributed by atoms with Crippen LogP contribution >= 0.6 is 0 Å². The summed E-state index contributed by atoms with van der Waals surface area (Å²) in [4.78, 5) is 17.7. The first-order chi connectivity index (χ1) is 10.3. The molecule has 1 aliphatic rings. The molecule has 1 aliphatic heterocycles. The number of rotatable bonds is 3. The maximum absolute atomic E-state index is 12.0. The molecular weight excluding hydrogens is 290 g/mol. The van der Waals surface area contributed by atoms with Crippen molar-refractivity contribution in [3.63, 3.8) is 0 Å². The van der Waals surface area contributed by atoms with Crippen molar-refractivity contribution in [2.75, 3.05) is 20.3 Å². The van der Waals surface area contributed by atoms with E-state index < -0.39 is 17.7 Å². The normalized spacial score (nSPS) is 16.1. The van der Waals surface area contributed by atoms with Gasteiger partial charge in [-0.3, -0.25) is 4.90 Å². The second kappa shape index (κ2) is 6.25. The zero-order chi connectivity index (χ0) is 16.3. The Morgan fingerprint density at radius 2 is 2.14 bits per heavy atom. The van der Waals surface area contributed by atoms with Crippen molar-refractivity contribution in [2.24, 2.45) is 0 Å². The highest BCUT2D eigenvalue weighted by molar-refractivity contribution is 5.68. The highest BCUT2D eigenvalue weighted by Gasteiger charge is 2.28. The average Bonchev–Trinajstić information content (AvgIpc) is 2.94. The Bertz CT molecular complexity index is 561. The number of nitrogens with zero attached hydrogens (tertiary/aromatic N) is 3. The fraction of sp³-hybridized carbons (Fsp3) is 0.643. The van der Waals surface area contributed by atoms with Gasteiger partial charge in [-0.25, -0.2) is 4.79 Å². The summed E-state index contributed by atoms with van der Waals surface area (Å²) in [6, 6.07) is -0.429. The zero-order valence-corrected chi connectivity index (χ0v) is 13.5. The van der Waals surface area contributed by atoms with Crippen LogP contribution in [0, 0.1) is 0 Å². The molecule has 1 aromatic rings. The number of ether oxygens (including phenoxy) is 3. The molecule has 0 bridgehead atoms. The Kier molecular flexibility index (Phi) is 4.58. The molecule has 1 amide bonds. The standard InChI is InChI=1S/C14H21N3O5/c1-9(17(5)13(18)21-14(2,3)4)12-15-11(16-22-12)10-8-19-6-7-20-10/h8-9H,6-7H2,1-5H3/t9-/m0/s1. The molecule has 0 N–H and O–H groups in total. The Hall–Kier alpha value is -2.25. The van der Waals surface area contributed by atoms with E-state index >= 15 is 0 Å². The number of amides is 1. The van der Waals surface area contributed by atoms with Gasteiger partial charge in [-0.15, -0.1) is 0 Å². The third-order valence-electron chi connectivity index (χ3n) is 2.93. The molecule has 2 heterocycles. The average molecular weight is 311 g/mol. The van der Waals surface area contributed by atoms with Crippen LogP contribution in [0.1, 0.15) is 45.5 Å². The van der Waals surface area contributed by atoms with Crippen LogP contribution in [0.5, 0.6) is 0 Å². The number of hydrogen-bond acceptors (Lipinski definition) is 7. The summed E-state index contributed by atoms with van der Waals surface area (Å²) in [5, 5.41) is 3.84. The predicted octanol–water partition coefficient (Wildman–Crippen LogP) is 2.34. The molecule has 22 heavy (non-hydrogen) atoms. The van der Waals surface area contributed by atoms with E-state index in [-0.39, 0.29) is 0 Å².